The second-order valence-corrected chi connectivity index (χ2v) is 11.2. The minimum Gasteiger partial charge on any atom is -0.393 e. The van der Waals surface area contributed by atoms with Gasteiger partial charge >= 0.3 is 0 Å². The van der Waals surface area contributed by atoms with E-state index in [-0.39, 0.29) is 29.5 Å². The fourth-order valence-corrected chi connectivity index (χ4v) is 6.60. The lowest BCUT2D eigenvalue weighted by atomic mass is 9.59. The van der Waals surface area contributed by atoms with E-state index in [1.54, 1.807) is 0 Å². The van der Waals surface area contributed by atoms with Gasteiger partial charge in [-0.2, -0.15) is 0 Å². The summed E-state index contributed by atoms with van der Waals surface area (Å²) in [5.41, 5.74) is 3.29. The molecule has 0 aromatic heterocycles. The van der Waals surface area contributed by atoms with E-state index in [2.05, 4.69) is 25.7 Å². The van der Waals surface area contributed by atoms with Gasteiger partial charge < -0.3 is 15.3 Å². The predicted octanol–water partition coefficient (Wildman–Crippen LogP) is 5.70. The maximum atomic E-state index is 11.5. The van der Waals surface area contributed by atoms with Crippen LogP contribution >= 0.6 is 0 Å². The molecule has 0 saturated heterocycles. The maximum absolute atomic E-state index is 11.5. The Hall–Kier alpha value is -0.900. The molecule has 3 aliphatic carbocycles. The Morgan fingerprint density at radius 1 is 1.20 bits per heavy atom. The van der Waals surface area contributed by atoms with Crippen molar-refractivity contribution in [2.24, 2.45) is 23.2 Å². The van der Waals surface area contributed by atoms with Crippen molar-refractivity contribution in [3.63, 3.8) is 0 Å². The highest BCUT2D eigenvalue weighted by molar-refractivity contribution is 5.36. The Kier molecular flexibility index (Phi) is 7.37. The van der Waals surface area contributed by atoms with E-state index in [4.69, 9.17) is 0 Å². The molecule has 30 heavy (non-hydrogen) atoms. The fraction of sp³-hybridized carbons (Fsp3) is 0.778. The summed E-state index contributed by atoms with van der Waals surface area (Å²) in [5.74, 6) is 1.03. The second-order valence-electron chi connectivity index (χ2n) is 11.2. The van der Waals surface area contributed by atoms with Gasteiger partial charge in [0.25, 0.3) is 0 Å². The van der Waals surface area contributed by atoms with Crippen LogP contribution in [0.2, 0.25) is 0 Å². The van der Waals surface area contributed by atoms with E-state index in [0.717, 1.165) is 38.5 Å². The molecule has 3 rings (SSSR count). The van der Waals surface area contributed by atoms with Crippen LogP contribution in [0.25, 0.3) is 0 Å². The summed E-state index contributed by atoms with van der Waals surface area (Å²) in [6.45, 7) is 12.7. The number of hydrogen-bond acceptors (Lipinski definition) is 3. The topological polar surface area (TPSA) is 60.7 Å². The molecular formula is C27H44O3. The molecule has 0 aliphatic heterocycles. The summed E-state index contributed by atoms with van der Waals surface area (Å²) >= 11 is 0. The van der Waals surface area contributed by atoms with Crippen LogP contribution in [0, 0.1) is 23.2 Å². The van der Waals surface area contributed by atoms with Crippen LogP contribution in [0.3, 0.4) is 0 Å². The van der Waals surface area contributed by atoms with Gasteiger partial charge in [0.05, 0.1) is 17.8 Å². The SMILES string of the molecule is C=C1CC[C@H](O)C/C1=C/C=C1CCC[C@@]2(C)C1CC[C@@H]2[C@](C)(O)CCC(O)C(C)C. The quantitative estimate of drug-likeness (QED) is 0.520. The average molecular weight is 417 g/mol. The lowest BCUT2D eigenvalue weighted by molar-refractivity contribution is -0.0722. The molecule has 170 valence electrons. The lowest BCUT2D eigenvalue weighted by Gasteiger charge is -2.47. The molecule has 3 nitrogen and oxygen atoms in total. The van der Waals surface area contributed by atoms with Crippen molar-refractivity contribution in [1.29, 1.82) is 0 Å². The summed E-state index contributed by atoms with van der Waals surface area (Å²) < 4.78 is 0. The van der Waals surface area contributed by atoms with E-state index in [1.165, 1.54) is 29.6 Å². The molecule has 0 heterocycles. The third-order valence-electron chi connectivity index (χ3n) is 8.62. The Balaban J connectivity index is 1.75. The number of rotatable bonds is 6. The van der Waals surface area contributed by atoms with Crippen molar-refractivity contribution >= 4 is 0 Å². The Morgan fingerprint density at radius 3 is 2.63 bits per heavy atom. The van der Waals surface area contributed by atoms with E-state index in [0.29, 0.717) is 18.8 Å². The zero-order valence-electron chi connectivity index (χ0n) is 19.7. The molecule has 0 spiro atoms. The van der Waals surface area contributed by atoms with Crippen LogP contribution in [-0.2, 0) is 0 Å². The van der Waals surface area contributed by atoms with Crippen molar-refractivity contribution in [1.82, 2.24) is 0 Å². The number of allylic oxidation sites excluding steroid dienone is 4. The van der Waals surface area contributed by atoms with Crippen molar-refractivity contribution in [3.05, 3.63) is 35.5 Å². The normalized spacial score (nSPS) is 38.1. The largest absolute Gasteiger partial charge is 0.393 e. The van der Waals surface area contributed by atoms with Crippen LogP contribution in [0.5, 0.6) is 0 Å². The molecule has 3 heteroatoms. The Labute approximate surface area is 184 Å². The molecule has 3 fully saturated rings. The minimum atomic E-state index is -0.734. The first-order valence-electron chi connectivity index (χ1n) is 12.2. The van der Waals surface area contributed by atoms with E-state index in [9.17, 15) is 15.3 Å². The molecular weight excluding hydrogens is 372 g/mol. The lowest BCUT2D eigenvalue weighted by Crippen LogP contribution is -2.45. The number of hydrogen-bond donors (Lipinski definition) is 3. The second kappa shape index (κ2) is 9.30. The first kappa shape index (κ1) is 23.8. The molecule has 0 aromatic rings. The highest BCUT2D eigenvalue weighted by Crippen LogP contribution is 2.60. The predicted molar refractivity (Wildman–Crippen MR) is 124 cm³/mol. The van der Waals surface area contributed by atoms with Gasteiger partial charge in [-0.15, -0.1) is 0 Å². The Bertz CT molecular complexity index is 686. The molecule has 0 aromatic carbocycles. The summed E-state index contributed by atoms with van der Waals surface area (Å²) in [6, 6.07) is 0. The maximum Gasteiger partial charge on any atom is 0.0654 e. The number of aliphatic hydroxyl groups is 3. The van der Waals surface area contributed by atoms with E-state index >= 15 is 0 Å². The van der Waals surface area contributed by atoms with Crippen LogP contribution in [0.4, 0.5) is 0 Å². The van der Waals surface area contributed by atoms with Gasteiger partial charge in [-0.25, -0.2) is 0 Å². The fourth-order valence-electron chi connectivity index (χ4n) is 6.60. The van der Waals surface area contributed by atoms with E-state index in [1.807, 2.05) is 20.8 Å². The molecule has 3 aliphatic rings. The number of aliphatic hydroxyl groups excluding tert-OH is 2. The van der Waals surface area contributed by atoms with Gasteiger partial charge in [0.15, 0.2) is 0 Å². The zero-order valence-corrected chi connectivity index (χ0v) is 19.7. The first-order valence-corrected chi connectivity index (χ1v) is 12.2. The van der Waals surface area contributed by atoms with Crippen LogP contribution < -0.4 is 0 Å². The van der Waals surface area contributed by atoms with Gasteiger partial charge in [-0.1, -0.05) is 50.6 Å². The average Bonchev–Trinajstić information content (AvgIpc) is 3.05. The monoisotopic (exact) mass is 416 g/mol. The first-order chi connectivity index (χ1) is 14.0. The van der Waals surface area contributed by atoms with Crippen molar-refractivity contribution in [3.8, 4) is 0 Å². The van der Waals surface area contributed by atoms with E-state index < -0.39 is 5.60 Å². The molecule has 0 radical (unpaired) electrons. The zero-order chi connectivity index (χ0) is 22.1. The molecule has 0 amide bonds. The molecule has 0 bridgehead atoms. The smallest absolute Gasteiger partial charge is 0.0654 e. The Morgan fingerprint density at radius 2 is 1.93 bits per heavy atom. The summed E-state index contributed by atoms with van der Waals surface area (Å²) in [4.78, 5) is 0. The molecule has 3 N–H and O–H groups in total. The molecule has 3 saturated carbocycles. The summed E-state index contributed by atoms with van der Waals surface area (Å²) in [6.07, 6.45) is 13.4. The van der Waals surface area contributed by atoms with Crippen molar-refractivity contribution < 1.29 is 15.3 Å². The molecule has 6 atom stereocenters. The highest BCUT2D eigenvalue weighted by Gasteiger charge is 2.54. The van der Waals surface area contributed by atoms with Crippen molar-refractivity contribution in [2.45, 2.75) is 110 Å². The standard InChI is InChI=1S/C27H44O3/c1-18(2)24(29)14-16-27(5,30)25-13-12-23-20(7-6-15-26(23,25)4)9-10-21-17-22(28)11-8-19(21)3/h9-10,18,22-25,28-30H,3,6-8,11-17H2,1-2,4-5H3/b20-9?,21-10-/t22-,23?,24?,25-,26-,27+/m0/s1. The third kappa shape index (κ3) is 4.95. The van der Waals surface area contributed by atoms with Gasteiger partial charge in [0.2, 0.25) is 0 Å². The van der Waals surface area contributed by atoms with Crippen molar-refractivity contribution in [2.75, 3.05) is 0 Å². The highest BCUT2D eigenvalue weighted by atomic mass is 16.3. The minimum absolute atomic E-state index is 0.123. The van der Waals surface area contributed by atoms with Crippen LogP contribution in [-0.4, -0.2) is 33.1 Å². The number of fused-ring (bicyclic) bond motifs is 1. The van der Waals surface area contributed by atoms with Crippen LogP contribution in [0.1, 0.15) is 91.9 Å². The summed E-state index contributed by atoms with van der Waals surface area (Å²) in [5, 5.41) is 31.7. The van der Waals surface area contributed by atoms with Gasteiger partial charge in [0, 0.05) is 0 Å². The molecule has 2 unspecified atom stereocenters. The third-order valence-corrected chi connectivity index (χ3v) is 8.62. The van der Waals surface area contributed by atoms with Gasteiger partial charge in [0.1, 0.15) is 0 Å². The van der Waals surface area contributed by atoms with Gasteiger partial charge in [-0.3, -0.25) is 0 Å². The van der Waals surface area contributed by atoms with Crippen LogP contribution in [0.15, 0.2) is 35.5 Å². The van der Waals surface area contributed by atoms with Gasteiger partial charge in [-0.05, 0) is 99.9 Å². The summed E-state index contributed by atoms with van der Waals surface area (Å²) in [7, 11) is 0.